The van der Waals surface area contributed by atoms with Crippen LogP contribution in [0.5, 0.6) is 0 Å². The van der Waals surface area contributed by atoms with E-state index in [1.807, 2.05) is 0 Å². The van der Waals surface area contributed by atoms with Gasteiger partial charge in [0.2, 0.25) is 0 Å². The van der Waals surface area contributed by atoms with E-state index in [4.69, 9.17) is 16.2 Å². The molecular weight excluding hydrogens is 314 g/mol. The van der Waals surface area contributed by atoms with Gasteiger partial charge in [-0.25, -0.2) is 15.0 Å². The molecule has 1 saturated heterocycles. The minimum absolute atomic E-state index is 0.280. The summed E-state index contributed by atoms with van der Waals surface area (Å²) in [5, 5.41) is 23.2. The molecule has 130 valence electrons. The van der Waals surface area contributed by atoms with Crippen LogP contribution in [0.1, 0.15) is 12.6 Å². The summed E-state index contributed by atoms with van der Waals surface area (Å²) in [6.45, 7) is 0.856. The zero-order chi connectivity index (χ0) is 17.1. The molecule has 0 spiro atoms. The molecule has 0 aromatic carbocycles. The summed E-state index contributed by atoms with van der Waals surface area (Å²) < 4.78 is 7.47. The van der Waals surface area contributed by atoms with E-state index in [0.29, 0.717) is 30.7 Å². The molecule has 1 aliphatic rings. The predicted molar refractivity (Wildman–Crippen MR) is 86.5 cm³/mol. The van der Waals surface area contributed by atoms with Crippen molar-refractivity contribution in [2.75, 3.05) is 18.8 Å². The van der Waals surface area contributed by atoms with Crippen molar-refractivity contribution in [3.63, 3.8) is 0 Å². The largest absolute Gasteiger partial charge is 0.390 e. The molecule has 10 heteroatoms. The number of anilines is 1. The fraction of sp³-hybridized carbons (Fsp3) is 0.500. The summed E-state index contributed by atoms with van der Waals surface area (Å²) in [5.41, 5.74) is 12.1. The number of rotatable bonds is 6. The van der Waals surface area contributed by atoms with Crippen molar-refractivity contribution in [3.8, 4) is 0 Å². The molecule has 1 fully saturated rings. The molecule has 0 aliphatic carbocycles. The number of aromatic nitrogens is 4. The number of nitrogens with zero attached hydrogens (tertiary/aromatic N) is 4. The molecule has 7 N–H and O–H groups in total. The van der Waals surface area contributed by atoms with Gasteiger partial charge >= 0.3 is 0 Å². The molecule has 1 aliphatic heterocycles. The third-order valence-corrected chi connectivity index (χ3v) is 3.89. The Labute approximate surface area is 138 Å². The van der Waals surface area contributed by atoms with E-state index in [1.165, 1.54) is 6.33 Å². The Hall–Kier alpha value is -2.11. The van der Waals surface area contributed by atoms with Crippen molar-refractivity contribution in [2.24, 2.45) is 5.73 Å². The van der Waals surface area contributed by atoms with Gasteiger partial charge in [-0.3, -0.25) is 9.88 Å². The lowest BCUT2D eigenvalue weighted by Crippen LogP contribution is -2.44. The maximum absolute atomic E-state index is 10.2. The summed E-state index contributed by atoms with van der Waals surface area (Å²) in [6, 6.07) is 0. The average Bonchev–Trinajstić information content (AvgIpc) is 3.16. The number of hydrogen-bond acceptors (Lipinski definition) is 9. The van der Waals surface area contributed by atoms with Crippen LogP contribution >= 0.6 is 0 Å². The standard InChI is InChI=1S/C14H21N7O3/c15-3-1-2-4-17-14(23)11-8(22)5-9(24-11)21-7-20-10-12(16)18-6-19-13(10)21/h1-2,6-9,11,14,17,22-23H,3-5,15H2,(H2,16,18,19)/t8-,9+,11-,14?/m0/s1. The molecule has 3 rings (SSSR count). The Morgan fingerprint density at radius 3 is 3.04 bits per heavy atom. The summed E-state index contributed by atoms with van der Waals surface area (Å²) in [4.78, 5) is 12.2. The maximum atomic E-state index is 10.2. The molecule has 0 amide bonds. The molecule has 10 nitrogen and oxygen atoms in total. The second kappa shape index (κ2) is 7.20. The first-order valence-electron chi connectivity index (χ1n) is 7.65. The molecule has 0 bridgehead atoms. The Morgan fingerprint density at radius 1 is 1.42 bits per heavy atom. The quantitative estimate of drug-likeness (QED) is 0.312. The molecule has 4 atom stereocenters. The van der Waals surface area contributed by atoms with Gasteiger partial charge in [-0.05, 0) is 0 Å². The Morgan fingerprint density at radius 2 is 2.25 bits per heavy atom. The van der Waals surface area contributed by atoms with Crippen molar-refractivity contribution in [1.29, 1.82) is 0 Å². The first kappa shape index (κ1) is 16.7. The Bertz CT molecular complexity index is 719. The molecule has 2 aromatic heterocycles. The minimum Gasteiger partial charge on any atom is -0.390 e. The van der Waals surface area contributed by atoms with Crippen molar-refractivity contribution >= 4 is 17.0 Å². The fourth-order valence-corrected chi connectivity index (χ4v) is 2.70. The number of nitrogen functional groups attached to an aromatic ring is 1. The predicted octanol–water partition coefficient (Wildman–Crippen LogP) is -1.52. The van der Waals surface area contributed by atoms with Gasteiger partial charge in [0.1, 0.15) is 30.4 Å². The summed E-state index contributed by atoms with van der Waals surface area (Å²) in [7, 11) is 0. The molecule has 3 heterocycles. The summed E-state index contributed by atoms with van der Waals surface area (Å²) in [6.07, 6.45) is 3.66. The van der Waals surface area contributed by atoms with Crippen LogP contribution in [0.15, 0.2) is 24.8 Å². The minimum atomic E-state index is -1.01. The molecule has 24 heavy (non-hydrogen) atoms. The molecule has 0 radical (unpaired) electrons. The highest BCUT2D eigenvalue weighted by Crippen LogP contribution is 2.32. The highest BCUT2D eigenvalue weighted by atomic mass is 16.5. The van der Waals surface area contributed by atoms with E-state index in [-0.39, 0.29) is 5.82 Å². The van der Waals surface area contributed by atoms with E-state index in [9.17, 15) is 10.2 Å². The number of hydrogen-bond donors (Lipinski definition) is 5. The zero-order valence-electron chi connectivity index (χ0n) is 13.0. The fourth-order valence-electron chi connectivity index (χ4n) is 2.70. The molecular formula is C14H21N7O3. The second-order valence-corrected chi connectivity index (χ2v) is 5.50. The van der Waals surface area contributed by atoms with Gasteiger partial charge in [0.15, 0.2) is 11.5 Å². The van der Waals surface area contributed by atoms with Crippen molar-refractivity contribution in [1.82, 2.24) is 24.8 Å². The van der Waals surface area contributed by atoms with Gasteiger partial charge in [0.05, 0.1) is 12.4 Å². The number of nitrogens with one attached hydrogen (secondary N) is 1. The average molecular weight is 335 g/mol. The number of nitrogens with two attached hydrogens (primary N) is 2. The first-order valence-corrected chi connectivity index (χ1v) is 7.65. The topological polar surface area (TPSA) is 157 Å². The van der Waals surface area contributed by atoms with Gasteiger partial charge in [-0.2, -0.15) is 0 Å². The third-order valence-electron chi connectivity index (χ3n) is 3.89. The lowest BCUT2D eigenvalue weighted by Gasteiger charge is -2.21. The van der Waals surface area contributed by atoms with Crippen LogP contribution in [0.4, 0.5) is 5.82 Å². The highest BCUT2D eigenvalue weighted by Gasteiger charge is 2.39. The highest BCUT2D eigenvalue weighted by molar-refractivity contribution is 5.81. The number of aliphatic hydroxyl groups excluding tert-OH is 2. The molecule has 0 saturated carbocycles. The SMILES string of the molecule is NCC=CCNC(O)[C@H]1O[C@@H](n2cnc3c(N)ncnc32)C[C@@H]1O. The number of fused-ring (bicyclic) bond motifs is 1. The van der Waals surface area contributed by atoms with Crippen molar-refractivity contribution in [2.45, 2.75) is 31.1 Å². The third kappa shape index (κ3) is 3.23. The van der Waals surface area contributed by atoms with Gasteiger partial charge in [-0.15, -0.1) is 0 Å². The number of ether oxygens (including phenoxy) is 1. The molecule has 2 aromatic rings. The van der Waals surface area contributed by atoms with E-state index in [0.717, 1.165) is 0 Å². The van der Waals surface area contributed by atoms with Crippen LogP contribution in [0.2, 0.25) is 0 Å². The van der Waals surface area contributed by atoms with E-state index < -0.39 is 24.7 Å². The smallest absolute Gasteiger partial charge is 0.167 e. The van der Waals surface area contributed by atoms with Gasteiger partial charge in [0, 0.05) is 19.5 Å². The van der Waals surface area contributed by atoms with Gasteiger partial charge < -0.3 is 26.4 Å². The van der Waals surface area contributed by atoms with Crippen molar-refractivity contribution < 1.29 is 14.9 Å². The van der Waals surface area contributed by atoms with E-state index in [1.54, 1.807) is 23.0 Å². The zero-order valence-corrected chi connectivity index (χ0v) is 13.0. The van der Waals surface area contributed by atoms with Crippen LogP contribution < -0.4 is 16.8 Å². The van der Waals surface area contributed by atoms with E-state index in [2.05, 4.69) is 20.3 Å². The van der Waals surface area contributed by atoms with Crippen LogP contribution in [-0.4, -0.2) is 61.3 Å². The number of aliphatic hydroxyl groups is 2. The Balaban J connectivity index is 1.70. The van der Waals surface area contributed by atoms with Crippen LogP contribution in [-0.2, 0) is 4.74 Å². The lowest BCUT2D eigenvalue weighted by atomic mass is 10.1. The summed E-state index contributed by atoms with van der Waals surface area (Å²) in [5.74, 6) is 0.280. The normalized spacial score (nSPS) is 25.7. The van der Waals surface area contributed by atoms with Gasteiger partial charge in [-0.1, -0.05) is 12.2 Å². The second-order valence-electron chi connectivity index (χ2n) is 5.50. The molecule has 1 unspecified atom stereocenters. The van der Waals surface area contributed by atoms with Crippen LogP contribution in [0.25, 0.3) is 11.2 Å². The lowest BCUT2D eigenvalue weighted by molar-refractivity contribution is -0.0908. The van der Waals surface area contributed by atoms with E-state index >= 15 is 0 Å². The summed E-state index contributed by atoms with van der Waals surface area (Å²) >= 11 is 0. The van der Waals surface area contributed by atoms with Crippen LogP contribution in [0.3, 0.4) is 0 Å². The van der Waals surface area contributed by atoms with Crippen LogP contribution in [0, 0.1) is 0 Å². The number of imidazole rings is 1. The monoisotopic (exact) mass is 335 g/mol. The maximum Gasteiger partial charge on any atom is 0.167 e. The Kier molecular flexibility index (Phi) is 5.02. The van der Waals surface area contributed by atoms with Crippen molar-refractivity contribution in [3.05, 3.63) is 24.8 Å². The first-order chi connectivity index (χ1) is 11.6. The van der Waals surface area contributed by atoms with Gasteiger partial charge in [0.25, 0.3) is 0 Å².